The lowest BCUT2D eigenvalue weighted by molar-refractivity contribution is -0.147. The van der Waals surface area contributed by atoms with Crippen molar-refractivity contribution in [2.24, 2.45) is 5.92 Å². The highest BCUT2D eigenvalue weighted by atomic mass is 16.5. The van der Waals surface area contributed by atoms with Gasteiger partial charge in [-0.25, -0.2) is 0 Å². The van der Waals surface area contributed by atoms with E-state index in [0.717, 1.165) is 19.3 Å². The molecule has 31 heavy (non-hydrogen) atoms. The van der Waals surface area contributed by atoms with Crippen LogP contribution in [0.3, 0.4) is 0 Å². The first-order valence-corrected chi connectivity index (χ1v) is 13.0. The molecule has 0 rings (SSSR count). The van der Waals surface area contributed by atoms with E-state index >= 15 is 0 Å². The third-order valence-electron chi connectivity index (χ3n) is 6.35. The molecule has 4 nitrogen and oxygen atoms in total. The van der Waals surface area contributed by atoms with Crippen molar-refractivity contribution in [1.29, 1.82) is 0 Å². The molecule has 0 spiro atoms. The largest absolute Gasteiger partial charge is 0.466 e. The minimum Gasteiger partial charge on any atom is -0.466 e. The Bertz CT molecular complexity index is 431. The number of carbonyl (C=O) groups excluding carboxylic acids is 1. The molecule has 4 heteroatoms. The van der Waals surface area contributed by atoms with Crippen LogP contribution in [0, 0.1) is 5.92 Å². The summed E-state index contributed by atoms with van der Waals surface area (Å²) in [6.07, 6.45) is 16.0. The highest BCUT2D eigenvalue weighted by Gasteiger charge is 2.23. The van der Waals surface area contributed by atoms with E-state index in [1.807, 2.05) is 0 Å². The monoisotopic (exact) mass is 442 g/mol. The Labute approximate surface area is 194 Å². The highest BCUT2D eigenvalue weighted by Crippen LogP contribution is 2.23. The van der Waals surface area contributed by atoms with Gasteiger partial charge in [-0.3, -0.25) is 4.79 Å². The Morgan fingerprint density at radius 2 is 1.26 bits per heavy atom. The Kier molecular flexibility index (Phi) is 17.5. The molecule has 0 aromatic heterocycles. The van der Waals surface area contributed by atoms with Gasteiger partial charge in [-0.1, -0.05) is 71.6 Å². The van der Waals surface area contributed by atoms with Gasteiger partial charge in [0.1, 0.15) is 0 Å². The molecule has 0 bridgehead atoms. The summed E-state index contributed by atoms with van der Waals surface area (Å²) in [6, 6.07) is 0. The number of unbranched alkanes of at least 4 members (excludes halogenated alkanes) is 7. The molecule has 0 amide bonds. The summed E-state index contributed by atoms with van der Waals surface area (Å²) in [5.74, 6) is 0.442. The predicted octanol–water partition coefficient (Wildman–Crippen LogP) is 7.87. The number of rotatable bonds is 21. The second-order valence-corrected chi connectivity index (χ2v) is 10.4. The van der Waals surface area contributed by atoms with Crippen molar-refractivity contribution in [3.8, 4) is 0 Å². The van der Waals surface area contributed by atoms with Gasteiger partial charge in [0.05, 0.1) is 24.4 Å². The maximum absolute atomic E-state index is 12.5. The molecule has 1 atom stereocenters. The number of methoxy groups -OCH3 is 1. The molecule has 186 valence electrons. The van der Waals surface area contributed by atoms with Crippen LogP contribution in [0.5, 0.6) is 0 Å². The van der Waals surface area contributed by atoms with Crippen LogP contribution in [0.2, 0.25) is 0 Å². The second kappa shape index (κ2) is 17.9. The lowest BCUT2D eigenvalue weighted by atomic mass is 9.91. The molecule has 0 radical (unpaired) electrons. The van der Waals surface area contributed by atoms with E-state index in [0.29, 0.717) is 32.0 Å². The molecule has 0 aliphatic carbocycles. The van der Waals surface area contributed by atoms with E-state index in [1.54, 1.807) is 7.11 Å². The molecule has 0 saturated carbocycles. The minimum absolute atomic E-state index is 0.0367. The molecule has 0 saturated heterocycles. The minimum atomic E-state index is -0.303. The van der Waals surface area contributed by atoms with Gasteiger partial charge in [0.25, 0.3) is 0 Å². The third kappa shape index (κ3) is 18.6. The van der Waals surface area contributed by atoms with Crippen molar-refractivity contribution >= 4 is 5.97 Å². The van der Waals surface area contributed by atoms with E-state index in [-0.39, 0.29) is 17.2 Å². The Morgan fingerprint density at radius 1 is 0.742 bits per heavy atom. The van der Waals surface area contributed by atoms with Crippen LogP contribution in [0.25, 0.3) is 0 Å². The molecule has 0 N–H and O–H groups in total. The van der Waals surface area contributed by atoms with Crippen LogP contribution in [0.4, 0.5) is 0 Å². The molecular formula is C27H54O4. The van der Waals surface area contributed by atoms with E-state index in [4.69, 9.17) is 14.2 Å². The first-order chi connectivity index (χ1) is 14.7. The molecule has 0 aliphatic rings. The molecule has 0 fully saturated rings. The van der Waals surface area contributed by atoms with Gasteiger partial charge in [-0.05, 0) is 52.9 Å². The zero-order chi connectivity index (χ0) is 23.6. The number of esters is 1. The molecule has 0 aromatic rings. The number of hydrogen-bond donors (Lipinski definition) is 0. The SMILES string of the molecule is CCCCCCCC(CCCCCC)CC(=O)OCCC(C)(C)OCCC(C)(C)OC. The standard InChI is InChI=1S/C27H54O4/c1-8-10-12-14-16-18-24(17-15-13-11-9-2)23-25(28)30-21-19-27(5,6)31-22-20-26(3,4)29-7/h24H,8-23H2,1-7H3. The molecular weight excluding hydrogens is 388 g/mol. The topological polar surface area (TPSA) is 44.8 Å². The number of ether oxygens (including phenoxy) is 3. The Balaban J connectivity index is 4.26. The van der Waals surface area contributed by atoms with Gasteiger partial charge in [0.15, 0.2) is 0 Å². The van der Waals surface area contributed by atoms with E-state index in [1.165, 1.54) is 57.8 Å². The van der Waals surface area contributed by atoms with Crippen LogP contribution in [-0.4, -0.2) is 37.5 Å². The van der Waals surface area contributed by atoms with Gasteiger partial charge in [0.2, 0.25) is 0 Å². The van der Waals surface area contributed by atoms with Gasteiger partial charge in [-0.15, -0.1) is 0 Å². The van der Waals surface area contributed by atoms with Crippen molar-refractivity contribution < 1.29 is 19.0 Å². The van der Waals surface area contributed by atoms with Crippen molar-refractivity contribution in [2.45, 2.75) is 143 Å². The summed E-state index contributed by atoms with van der Waals surface area (Å²) < 4.78 is 17.1. The van der Waals surface area contributed by atoms with Crippen molar-refractivity contribution in [3.63, 3.8) is 0 Å². The fraction of sp³-hybridized carbons (Fsp3) is 0.963. The van der Waals surface area contributed by atoms with Crippen molar-refractivity contribution in [3.05, 3.63) is 0 Å². The van der Waals surface area contributed by atoms with Crippen LogP contribution in [-0.2, 0) is 19.0 Å². The number of hydrogen-bond acceptors (Lipinski definition) is 4. The Hall–Kier alpha value is -0.610. The average molecular weight is 443 g/mol. The zero-order valence-electron chi connectivity index (χ0n) is 22.0. The van der Waals surface area contributed by atoms with Gasteiger partial charge >= 0.3 is 5.97 Å². The first kappa shape index (κ1) is 30.4. The molecule has 0 aromatic carbocycles. The predicted molar refractivity (Wildman–Crippen MR) is 132 cm³/mol. The number of carbonyl (C=O) groups is 1. The van der Waals surface area contributed by atoms with Crippen molar-refractivity contribution in [1.82, 2.24) is 0 Å². The zero-order valence-corrected chi connectivity index (χ0v) is 22.0. The van der Waals surface area contributed by atoms with E-state index in [2.05, 4.69) is 41.5 Å². The van der Waals surface area contributed by atoms with Crippen LogP contribution in [0.15, 0.2) is 0 Å². The fourth-order valence-corrected chi connectivity index (χ4v) is 3.70. The Morgan fingerprint density at radius 3 is 1.81 bits per heavy atom. The first-order valence-electron chi connectivity index (χ1n) is 13.0. The van der Waals surface area contributed by atoms with E-state index < -0.39 is 0 Å². The normalized spacial score (nSPS) is 13.4. The smallest absolute Gasteiger partial charge is 0.306 e. The lowest BCUT2D eigenvalue weighted by Gasteiger charge is -2.28. The van der Waals surface area contributed by atoms with Gasteiger partial charge in [0, 0.05) is 20.0 Å². The summed E-state index contributed by atoms with van der Waals surface area (Å²) in [5.41, 5.74) is -0.478. The summed E-state index contributed by atoms with van der Waals surface area (Å²) in [6.45, 7) is 13.8. The third-order valence-corrected chi connectivity index (χ3v) is 6.35. The summed E-state index contributed by atoms with van der Waals surface area (Å²) in [4.78, 5) is 12.5. The van der Waals surface area contributed by atoms with E-state index in [9.17, 15) is 4.79 Å². The summed E-state index contributed by atoms with van der Waals surface area (Å²) >= 11 is 0. The van der Waals surface area contributed by atoms with Crippen molar-refractivity contribution in [2.75, 3.05) is 20.3 Å². The average Bonchev–Trinajstić information content (AvgIpc) is 2.70. The van der Waals surface area contributed by atoms with Gasteiger partial charge < -0.3 is 14.2 Å². The summed E-state index contributed by atoms with van der Waals surface area (Å²) in [5, 5.41) is 0. The van der Waals surface area contributed by atoms with Gasteiger partial charge in [-0.2, -0.15) is 0 Å². The maximum atomic E-state index is 12.5. The van der Waals surface area contributed by atoms with Crippen LogP contribution < -0.4 is 0 Å². The molecule has 1 unspecified atom stereocenters. The van der Waals surface area contributed by atoms with Crippen LogP contribution in [0.1, 0.15) is 131 Å². The van der Waals surface area contributed by atoms with Crippen LogP contribution >= 0.6 is 0 Å². The fourth-order valence-electron chi connectivity index (χ4n) is 3.70. The summed E-state index contributed by atoms with van der Waals surface area (Å²) in [7, 11) is 1.73. The quantitative estimate of drug-likeness (QED) is 0.134. The highest BCUT2D eigenvalue weighted by molar-refractivity contribution is 5.69. The maximum Gasteiger partial charge on any atom is 0.306 e. The molecule has 0 aliphatic heterocycles. The molecule has 0 heterocycles. The lowest BCUT2D eigenvalue weighted by Crippen LogP contribution is -2.31. The second-order valence-electron chi connectivity index (χ2n) is 10.4.